The SMILES string of the molecule is c1ccc(-n2c3cc4ccccc4cc3c3cc4c5ccccc5n(-c5cccc(-c6ccc7oc8ccccc8c7c6)c5)c4cc32)cc1. The molecule has 228 valence electrons. The van der Waals surface area contributed by atoms with E-state index in [0.717, 1.165) is 33.3 Å². The Balaban J connectivity index is 1.20. The van der Waals surface area contributed by atoms with Gasteiger partial charge in [0, 0.05) is 43.7 Å². The minimum Gasteiger partial charge on any atom is -0.456 e. The molecule has 11 rings (SSSR count). The molecule has 0 saturated heterocycles. The molecule has 0 aliphatic carbocycles. The van der Waals surface area contributed by atoms with E-state index in [0.29, 0.717) is 0 Å². The van der Waals surface area contributed by atoms with Crippen molar-refractivity contribution < 1.29 is 4.42 Å². The van der Waals surface area contributed by atoms with Gasteiger partial charge in [-0.05, 0) is 94.7 Å². The lowest BCUT2D eigenvalue weighted by atomic mass is 10.0. The highest BCUT2D eigenvalue weighted by molar-refractivity contribution is 6.20. The molecule has 0 saturated carbocycles. The lowest BCUT2D eigenvalue weighted by Crippen LogP contribution is -1.96. The van der Waals surface area contributed by atoms with Crippen LogP contribution in [0.3, 0.4) is 0 Å². The predicted octanol–water partition coefficient (Wildman–Crippen LogP) is 12.6. The van der Waals surface area contributed by atoms with Crippen LogP contribution in [0, 0.1) is 0 Å². The number of hydrogen-bond acceptors (Lipinski definition) is 1. The normalized spacial score (nSPS) is 12.1. The van der Waals surface area contributed by atoms with Gasteiger partial charge in [-0.3, -0.25) is 0 Å². The molecular formula is C46H28N2O. The van der Waals surface area contributed by atoms with Crippen LogP contribution in [0.25, 0.3) is 98.8 Å². The summed E-state index contributed by atoms with van der Waals surface area (Å²) in [6, 6.07) is 61.5. The van der Waals surface area contributed by atoms with Crippen LogP contribution in [0.1, 0.15) is 0 Å². The molecule has 0 fully saturated rings. The molecule has 0 bridgehead atoms. The fraction of sp³-hybridized carbons (Fsp3) is 0. The molecule has 3 aromatic heterocycles. The van der Waals surface area contributed by atoms with Crippen LogP contribution in [0.2, 0.25) is 0 Å². The van der Waals surface area contributed by atoms with Crippen molar-refractivity contribution in [1.82, 2.24) is 9.13 Å². The highest BCUT2D eigenvalue weighted by Crippen LogP contribution is 2.41. The molecule has 0 unspecified atom stereocenters. The molecule has 49 heavy (non-hydrogen) atoms. The zero-order chi connectivity index (χ0) is 32.1. The second-order valence-corrected chi connectivity index (χ2v) is 13.0. The molecule has 0 aliphatic rings. The van der Waals surface area contributed by atoms with E-state index in [4.69, 9.17) is 4.42 Å². The van der Waals surface area contributed by atoms with Crippen molar-refractivity contribution in [2.45, 2.75) is 0 Å². The maximum Gasteiger partial charge on any atom is 0.135 e. The number of nitrogens with zero attached hydrogens (tertiary/aromatic N) is 2. The first-order valence-corrected chi connectivity index (χ1v) is 16.8. The number of fused-ring (bicyclic) bond motifs is 10. The average Bonchev–Trinajstić information content (AvgIpc) is 3.80. The van der Waals surface area contributed by atoms with E-state index in [1.807, 2.05) is 12.1 Å². The molecule has 0 amide bonds. The van der Waals surface area contributed by atoms with Gasteiger partial charge in [-0.25, -0.2) is 0 Å². The second kappa shape index (κ2) is 9.96. The van der Waals surface area contributed by atoms with Crippen molar-refractivity contribution in [2.24, 2.45) is 0 Å². The number of aromatic nitrogens is 2. The Labute approximate surface area is 281 Å². The van der Waals surface area contributed by atoms with Crippen LogP contribution >= 0.6 is 0 Å². The summed E-state index contributed by atoms with van der Waals surface area (Å²) in [6.45, 7) is 0. The van der Waals surface area contributed by atoms with Crippen molar-refractivity contribution in [3.63, 3.8) is 0 Å². The molecule has 0 spiro atoms. The summed E-state index contributed by atoms with van der Waals surface area (Å²) in [5.41, 5.74) is 11.2. The first-order valence-electron chi connectivity index (χ1n) is 16.8. The Bertz CT molecular complexity index is 3100. The fourth-order valence-corrected chi connectivity index (χ4v) is 8.03. The van der Waals surface area contributed by atoms with E-state index in [1.54, 1.807) is 0 Å². The largest absolute Gasteiger partial charge is 0.456 e. The highest BCUT2D eigenvalue weighted by Gasteiger charge is 2.19. The van der Waals surface area contributed by atoms with E-state index in [-0.39, 0.29) is 0 Å². The number of benzene rings is 8. The molecule has 3 nitrogen and oxygen atoms in total. The quantitative estimate of drug-likeness (QED) is 0.192. The van der Waals surface area contributed by atoms with Crippen LogP contribution in [0.4, 0.5) is 0 Å². The van der Waals surface area contributed by atoms with E-state index in [1.165, 1.54) is 65.5 Å². The van der Waals surface area contributed by atoms with E-state index in [2.05, 4.69) is 167 Å². The van der Waals surface area contributed by atoms with Crippen LogP contribution in [0.5, 0.6) is 0 Å². The molecule has 0 atom stereocenters. The summed E-state index contributed by atoms with van der Waals surface area (Å²) in [6.07, 6.45) is 0. The first kappa shape index (κ1) is 26.5. The van der Waals surface area contributed by atoms with Gasteiger partial charge in [0.05, 0.1) is 22.1 Å². The standard InChI is InChI=1S/C46H28N2O/c1-2-14-33(15-3-1)47-42-26-31-12-5-4-11-30(31)24-37(42)39-27-38-35-17-6-8-19-41(35)48(43(38)28-44(39)47)34-16-10-13-29(23-34)32-21-22-46-40(25-32)36-18-7-9-20-45(36)49-46/h1-28H. The number of furan rings is 1. The Kier molecular flexibility index (Phi) is 5.38. The third-order valence-electron chi connectivity index (χ3n) is 10.3. The number of rotatable bonds is 3. The minimum absolute atomic E-state index is 0.911. The predicted molar refractivity (Wildman–Crippen MR) is 205 cm³/mol. The van der Waals surface area contributed by atoms with Crippen LogP contribution in [0.15, 0.2) is 174 Å². The van der Waals surface area contributed by atoms with Crippen molar-refractivity contribution in [1.29, 1.82) is 0 Å². The highest BCUT2D eigenvalue weighted by atomic mass is 16.3. The number of hydrogen-bond donors (Lipinski definition) is 0. The lowest BCUT2D eigenvalue weighted by molar-refractivity contribution is 0.669. The Morgan fingerprint density at radius 1 is 0.306 bits per heavy atom. The van der Waals surface area contributed by atoms with Crippen LogP contribution in [-0.4, -0.2) is 9.13 Å². The summed E-state index contributed by atoms with van der Waals surface area (Å²) >= 11 is 0. The first-order chi connectivity index (χ1) is 24.3. The maximum atomic E-state index is 6.14. The number of para-hydroxylation sites is 3. The Hall–Kier alpha value is -6.58. The molecule has 0 aliphatic heterocycles. The van der Waals surface area contributed by atoms with Gasteiger partial charge in [-0.2, -0.15) is 0 Å². The summed E-state index contributed by atoms with van der Waals surface area (Å²) in [5.74, 6) is 0. The molecule has 0 N–H and O–H groups in total. The van der Waals surface area contributed by atoms with Crippen molar-refractivity contribution in [3.05, 3.63) is 170 Å². The molecule has 0 radical (unpaired) electrons. The average molecular weight is 625 g/mol. The van der Waals surface area contributed by atoms with Gasteiger partial charge in [0.2, 0.25) is 0 Å². The van der Waals surface area contributed by atoms with Gasteiger partial charge in [0.15, 0.2) is 0 Å². The van der Waals surface area contributed by atoms with E-state index < -0.39 is 0 Å². The zero-order valence-corrected chi connectivity index (χ0v) is 26.5. The summed E-state index contributed by atoms with van der Waals surface area (Å²) in [7, 11) is 0. The molecule has 11 aromatic rings. The molecular weight excluding hydrogens is 597 g/mol. The van der Waals surface area contributed by atoms with Gasteiger partial charge in [-0.15, -0.1) is 0 Å². The van der Waals surface area contributed by atoms with Gasteiger partial charge in [0.1, 0.15) is 11.2 Å². The van der Waals surface area contributed by atoms with E-state index in [9.17, 15) is 0 Å². The van der Waals surface area contributed by atoms with Crippen molar-refractivity contribution >= 4 is 76.3 Å². The monoisotopic (exact) mass is 624 g/mol. The second-order valence-electron chi connectivity index (χ2n) is 13.0. The van der Waals surface area contributed by atoms with Gasteiger partial charge < -0.3 is 13.6 Å². The third-order valence-corrected chi connectivity index (χ3v) is 10.3. The molecule has 8 aromatic carbocycles. The van der Waals surface area contributed by atoms with Gasteiger partial charge in [0.25, 0.3) is 0 Å². The smallest absolute Gasteiger partial charge is 0.135 e. The minimum atomic E-state index is 0.911. The lowest BCUT2D eigenvalue weighted by Gasteiger charge is -2.12. The maximum absolute atomic E-state index is 6.14. The molecule has 3 heteroatoms. The zero-order valence-electron chi connectivity index (χ0n) is 26.5. The fourth-order valence-electron chi connectivity index (χ4n) is 8.03. The van der Waals surface area contributed by atoms with Crippen LogP contribution < -0.4 is 0 Å². The third kappa shape index (κ3) is 3.84. The van der Waals surface area contributed by atoms with Gasteiger partial charge in [-0.1, -0.05) is 97.1 Å². The van der Waals surface area contributed by atoms with Gasteiger partial charge >= 0.3 is 0 Å². The summed E-state index contributed by atoms with van der Waals surface area (Å²) in [4.78, 5) is 0. The van der Waals surface area contributed by atoms with Crippen molar-refractivity contribution in [2.75, 3.05) is 0 Å². The summed E-state index contributed by atoms with van der Waals surface area (Å²) < 4.78 is 11.0. The Morgan fingerprint density at radius 3 is 1.80 bits per heavy atom. The molecule has 3 heterocycles. The summed E-state index contributed by atoms with van der Waals surface area (Å²) in [5, 5.41) is 9.80. The van der Waals surface area contributed by atoms with Crippen LogP contribution in [-0.2, 0) is 0 Å². The van der Waals surface area contributed by atoms with Crippen molar-refractivity contribution in [3.8, 4) is 22.5 Å². The van der Waals surface area contributed by atoms with E-state index >= 15 is 0 Å². The Morgan fingerprint density at radius 2 is 0.918 bits per heavy atom. The topological polar surface area (TPSA) is 23.0 Å².